The van der Waals surface area contributed by atoms with Gasteiger partial charge in [0.25, 0.3) is 5.91 Å². The average molecular weight is 298 g/mol. The van der Waals surface area contributed by atoms with Gasteiger partial charge in [0, 0.05) is 26.6 Å². The van der Waals surface area contributed by atoms with Crippen molar-refractivity contribution < 1.29 is 23.8 Å². The smallest absolute Gasteiger partial charge is 0.286 e. The minimum atomic E-state index is -0.567. The maximum absolute atomic E-state index is 11.5. The standard InChI is InChI=1S/C14H22N2O5/c1-20-10-11(17)6-8-15-13(18)5-2-7-16-14(19)12-4-3-9-21-12/h3-4,9,11,17H,2,5-8,10H2,1H3,(H,15,18)(H,16,19). The first-order valence-corrected chi connectivity index (χ1v) is 6.89. The van der Waals surface area contributed by atoms with Gasteiger partial charge in [-0.3, -0.25) is 9.59 Å². The average Bonchev–Trinajstić information content (AvgIpc) is 2.98. The van der Waals surface area contributed by atoms with E-state index >= 15 is 0 Å². The van der Waals surface area contributed by atoms with E-state index in [-0.39, 0.29) is 24.2 Å². The predicted octanol–water partition coefficient (Wildman–Crippen LogP) is 0.303. The Kier molecular flexibility index (Phi) is 8.15. The number of ether oxygens (including phenoxy) is 1. The molecule has 3 N–H and O–H groups in total. The normalized spacial score (nSPS) is 11.9. The molecular formula is C14H22N2O5. The molecule has 0 fully saturated rings. The minimum Gasteiger partial charge on any atom is -0.459 e. The van der Waals surface area contributed by atoms with Crippen LogP contribution < -0.4 is 10.6 Å². The fourth-order valence-corrected chi connectivity index (χ4v) is 1.69. The summed E-state index contributed by atoms with van der Waals surface area (Å²) < 4.78 is 9.73. The molecule has 1 heterocycles. The molecule has 118 valence electrons. The lowest BCUT2D eigenvalue weighted by Crippen LogP contribution is -2.29. The van der Waals surface area contributed by atoms with Gasteiger partial charge in [-0.15, -0.1) is 0 Å². The van der Waals surface area contributed by atoms with Gasteiger partial charge in [0.15, 0.2) is 5.76 Å². The van der Waals surface area contributed by atoms with Gasteiger partial charge < -0.3 is 24.9 Å². The van der Waals surface area contributed by atoms with Gasteiger partial charge in [-0.05, 0) is 25.0 Å². The quantitative estimate of drug-likeness (QED) is 0.539. The van der Waals surface area contributed by atoms with E-state index in [4.69, 9.17) is 9.15 Å². The second-order valence-electron chi connectivity index (χ2n) is 4.58. The van der Waals surface area contributed by atoms with Crippen LogP contribution in [-0.2, 0) is 9.53 Å². The lowest BCUT2D eigenvalue weighted by atomic mass is 10.2. The van der Waals surface area contributed by atoms with Gasteiger partial charge in [0.05, 0.1) is 19.0 Å². The van der Waals surface area contributed by atoms with E-state index in [0.717, 1.165) is 0 Å². The predicted molar refractivity (Wildman–Crippen MR) is 75.8 cm³/mol. The lowest BCUT2D eigenvalue weighted by Gasteiger charge is -2.10. The van der Waals surface area contributed by atoms with Crippen LogP contribution in [0, 0.1) is 0 Å². The largest absolute Gasteiger partial charge is 0.459 e. The van der Waals surface area contributed by atoms with Crippen LogP contribution in [0.15, 0.2) is 22.8 Å². The number of carbonyl (C=O) groups is 2. The third-order valence-corrected chi connectivity index (χ3v) is 2.77. The molecule has 0 aliphatic rings. The van der Waals surface area contributed by atoms with Crippen LogP contribution in [0.3, 0.4) is 0 Å². The molecule has 0 spiro atoms. The maximum Gasteiger partial charge on any atom is 0.286 e. The Bertz CT molecular complexity index is 419. The van der Waals surface area contributed by atoms with Crippen molar-refractivity contribution in [3.05, 3.63) is 24.2 Å². The van der Waals surface area contributed by atoms with Crippen LogP contribution in [0.4, 0.5) is 0 Å². The fourth-order valence-electron chi connectivity index (χ4n) is 1.69. The molecular weight excluding hydrogens is 276 g/mol. The Labute approximate surface area is 123 Å². The molecule has 0 aliphatic heterocycles. The third kappa shape index (κ3) is 7.48. The lowest BCUT2D eigenvalue weighted by molar-refractivity contribution is -0.121. The Morgan fingerprint density at radius 1 is 1.38 bits per heavy atom. The van der Waals surface area contributed by atoms with Gasteiger partial charge in [0.1, 0.15) is 0 Å². The van der Waals surface area contributed by atoms with E-state index in [1.165, 1.54) is 13.4 Å². The summed E-state index contributed by atoms with van der Waals surface area (Å²) in [4.78, 5) is 23.0. The van der Waals surface area contributed by atoms with E-state index < -0.39 is 6.10 Å². The number of hydrogen-bond donors (Lipinski definition) is 3. The van der Waals surface area contributed by atoms with Crippen LogP contribution in [0.5, 0.6) is 0 Å². The number of carbonyl (C=O) groups excluding carboxylic acids is 2. The summed E-state index contributed by atoms with van der Waals surface area (Å²) >= 11 is 0. The molecule has 1 rings (SSSR count). The zero-order chi connectivity index (χ0) is 15.5. The van der Waals surface area contributed by atoms with Gasteiger partial charge in [-0.1, -0.05) is 0 Å². The van der Waals surface area contributed by atoms with Crippen LogP contribution >= 0.6 is 0 Å². The van der Waals surface area contributed by atoms with E-state index in [0.29, 0.717) is 32.4 Å². The van der Waals surface area contributed by atoms with E-state index in [9.17, 15) is 14.7 Å². The summed E-state index contributed by atoms with van der Waals surface area (Å²) in [6, 6.07) is 3.22. The SMILES string of the molecule is COCC(O)CCNC(=O)CCCNC(=O)c1ccco1. The molecule has 1 atom stereocenters. The second kappa shape index (κ2) is 9.95. The number of aliphatic hydroxyl groups excluding tert-OH is 1. The number of rotatable bonds is 10. The molecule has 0 saturated heterocycles. The first-order valence-electron chi connectivity index (χ1n) is 6.89. The van der Waals surface area contributed by atoms with Crippen LogP contribution in [0.1, 0.15) is 29.8 Å². The molecule has 0 aromatic carbocycles. The highest BCUT2D eigenvalue weighted by Crippen LogP contribution is 1.99. The number of hydrogen-bond acceptors (Lipinski definition) is 5. The number of amides is 2. The molecule has 0 radical (unpaired) electrons. The van der Waals surface area contributed by atoms with Crippen LogP contribution in [0.2, 0.25) is 0 Å². The molecule has 0 aliphatic carbocycles. The molecule has 1 aromatic rings. The highest BCUT2D eigenvalue weighted by atomic mass is 16.5. The van der Waals surface area contributed by atoms with Crippen molar-refractivity contribution in [2.45, 2.75) is 25.4 Å². The van der Waals surface area contributed by atoms with Crippen molar-refractivity contribution >= 4 is 11.8 Å². The van der Waals surface area contributed by atoms with Crippen LogP contribution in [-0.4, -0.2) is 49.8 Å². The zero-order valence-electron chi connectivity index (χ0n) is 12.1. The summed E-state index contributed by atoms with van der Waals surface area (Å²) in [6.07, 6.45) is 2.18. The summed E-state index contributed by atoms with van der Waals surface area (Å²) in [5.41, 5.74) is 0. The summed E-state index contributed by atoms with van der Waals surface area (Å²) in [5, 5.41) is 14.8. The Balaban J connectivity index is 2.02. The molecule has 0 bridgehead atoms. The van der Waals surface area contributed by atoms with Crippen molar-refractivity contribution in [1.82, 2.24) is 10.6 Å². The Hall–Kier alpha value is -1.86. The first kappa shape index (κ1) is 17.2. The maximum atomic E-state index is 11.5. The first-order chi connectivity index (χ1) is 10.1. The number of aliphatic hydroxyl groups is 1. The third-order valence-electron chi connectivity index (χ3n) is 2.77. The molecule has 0 saturated carbocycles. The minimum absolute atomic E-state index is 0.105. The van der Waals surface area contributed by atoms with E-state index in [1.807, 2.05) is 0 Å². The van der Waals surface area contributed by atoms with Crippen LogP contribution in [0.25, 0.3) is 0 Å². The van der Waals surface area contributed by atoms with E-state index in [2.05, 4.69) is 10.6 Å². The molecule has 7 heteroatoms. The monoisotopic (exact) mass is 298 g/mol. The van der Waals surface area contributed by atoms with Gasteiger partial charge in [0.2, 0.25) is 5.91 Å². The topological polar surface area (TPSA) is 101 Å². The van der Waals surface area contributed by atoms with Gasteiger partial charge in [-0.2, -0.15) is 0 Å². The number of furan rings is 1. The summed E-state index contributed by atoms with van der Waals surface area (Å²) in [5.74, 6) is -0.137. The number of methoxy groups -OCH3 is 1. The van der Waals surface area contributed by atoms with E-state index in [1.54, 1.807) is 12.1 Å². The van der Waals surface area contributed by atoms with Gasteiger partial charge in [-0.25, -0.2) is 0 Å². The molecule has 1 unspecified atom stereocenters. The summed E-state index contributed by atoms with van der Waals surface area (Å²) in [7, 11) is 1.51. The molecule has 21 heavy (non-hydrogen) atoms. The van der Waals surface area contributed by atoms with Crippen molar-refractivity contribution in [3.8, 4) is 0 Å². The Morgan fingerprint density at radius 2 is 2.19 bits per heavy atom. The Morgan fingerprint density at radius 3 is 2.86 bits per heavy atom. The molecule has 7 nitrogen and oxygen atoms in total. The fraction of sp³-hybridized carbons (Fsp3) is 0.571. The van der Waals surface area contributed by atoms with Crippen molar-refractivity contribution in [1.29, 1.82) is 0 Å². The van der Waals surface area contributed by atoms with Gasteiger partial charge >= 0.3 is 0 Å². The highest BCUT2D eigenvalue weighted by molar-refractivity contribution is 5.91. The summed E-state index contributed by atoms with van der Waals surface area (Å²) in [6.45, 7) is 1.07. The van der Waals surface area contributed by atoms with Crippen molar-refractivity contribution in [2.75, 3.05) is 26.8 Å². The zero-order valence-corrected chi connectivity index (χ0v) is 12.1. The number of nitrogens with one attached hydrogen (secondary N) is 2. The molecule has 2 amide bonds. The van der Waals surface area contributed by atoms with Crippen molar-refractivity contribution in [3.63, 3.8) is 0 Å². The molecule has 1 aromatic heterocycles. The van der Waals surface area contributed by atoms with Crippen molar-refractivity contribution in [2.24, 2.45) is 0 Å². The second-order valence-corrected chi connectivity index (χ2v) is 4.58. The highest BCUT2D eigenvalue weighted by Gasteiger charge is 2.08.